The lowest BCUT2D eigenvalue weighted by Gasteiger charge is -2.01. The Morgan fingerprint density at radius 2 is 1.83 bits per heavy atom. The third-order valence-corrected chi connectivity index (χ3v) is 3.64. The van der Waals surface area contributed by atoms with E-state index in [-0.39, 0.29) is 6.61 Å². The summed E-state index contributed by atoms with van der Waals surface area (Å²) in [5, 5.41) is 8.88. The van der Waals surface area contributed by atoms with Crippen LogP contribution in [0.25, 0.3) is 0 Å². The number of rotatable bonds is 7. The third-order valence-electron chi connectivity index (χ3n) is 2.71. The minimum absolute atomic E-state index is 0.173. The molecule has 0 unspecified atom stereocenters. The van der Waals surface area contributed by atoms with E-state index in [0.29, 0.717) is 0 Å². The van der Waals surface area contributed by atoms with Crippen molar-refractivity contribution in [1.82, 2.24) is 0 Å². The summed E-state index contributed by atoms with van der Waals surface area (Å²) >= 11 is 1.86. The van der Waals surface area contributed by atoms with Crippen molar-refractivity contribution in [3.63, 3.8) is 0 Å². The van der Waals surface area contributed by atoms with Gasteiger partial charge in [0.05, 0.1) is 6.61 Å². The molecule has 0 bridgehead atoms. The van der Waals surface area contributed by atoms with Gasteiger partial charge < -0.3 is 5.11 Å². The van der Waals surface area contributed by atoms with Crippen molar-refractivity contribution in [3.05, 3.63) is 53.6 Å². The van der Waals surface area contributed by atoms with Gasteiger partial charge in [-0.05, 0) is 38.8 Å². The zero-order chi connectivity index (χ0) is 13.2. The summed E-state index contributed by atoms with van der Waals surface area (Å²) in [5.41, 5.74) is 2.47. The molecule has 0 saturated heterocycles. The van der Waals surface area contributed by atoms with Crippen molar-refractivity contribution in [2.75, 3.05) is 12.4 Å². The van der Waals surface area contributed by atoms with Crippen molar-refractivity contribution < 1.29 is 5.11 Å². The first kappa shape index (κ1) is 15.1. The molecule has 1 rings (SSSR count). The topological polar surface area (TPSA) is 20.2 Å². The molecular formula is C16H22OS. The predicted molar refractivity (Wildman–Crippen MR) is 81.0 cm³/mol. The fourth-order valence-electron chi connectivity index (χ4n) is 1.51. The number of hydrogen-bond donors (Lipinski definition) is 1. The number of benzene rings is 1. The van der Waals surface area contributed by atoms with Gasteiger partial charge in [-0.1, -0.05) is 41.5 Å². The van der Waals surface area contributed by atoms with Crippen LogP contribution in [-0.4, -0.2) is 17.5 Å². The van der Waals surface area contributed by atoms with Crippen molar-refractivity contribution >= 4 is 11.8 Å². The molecule has 0 fully saturated rings. The zero-order valence-corrected chi connectivity index (χ0v) is 12.0. The van der Waals surface area contributed by atoms with Gasteiger partial charge in [0.2, 0.25) is 0 Å². The first-order valence-corrected chi connectivity index (χ1v) is 7.31. The van der Waals surface area contributed by atoms with E-state index in [0.717, 1.165) is 24.2 Å². The van der Waals surface area contributed by atoms with E-state index in [1.54, 1.807) is 0 Å². The largest absolute Gasteiger partial charge is 0.392 e. The quantitative estimate of drug-likeness (QED) is 0.579. The number of hydrogen-bond acceptors (Lipinski definition) is 2. The molecule has 0 aromatic heterocycles. The predicted octanol–water partition coefficient (Wildman–Crippen LogP) is 4.44. The Balaban J connectivity index is 2.26. The summed E-state index contributed by atoms with van der Waals surface area (Å²) in [6.45, 7) is 4.31. The second kappa shape index (κ2) is 9.01. The molecule has 1 aromatic carbocycles. The minimum atomic E-state index is 0.173. The minimum Gasteiger partial charge on any atom is -0.392 e. The molecule has 1 aromatic rings. The molecule has 0 saturated carbocycles. The van der Waals surface area contributed by atoms with Gasteiger partial charge in [0, 0.05) is 10.6 Å². The fourth-order valence-corrected chi connectivity index (χ4v) is 2.42. The molecule has 0 aliphatic heterocycles. The Labute approximate surface area is 115 Å². The Morgan fingerprint density at radius 3 is 2.50 bits per heavy atom. The fraction of sp³-hybridized carbons (Fsp3) is 0.375. The van der Waals surface area contributed by atoms with Crippen LogP contribution in [-0.2, 0) is 0 Å². The maximum Gasteiger partial charge on any atom is 0.0639 e. The highest BCUT2D eigenvalue weighted by molar-refractivity contribution is 7.99. The van der Waals surface area contributed by atoms with Crippen molar-refractivity contribution in [1.29, 1.82) is 0 Å². The Hall–Kier alpha value is -0.990. The first-order valence-electron chi connectivity index (χ1n) is 6.32. The normalized spacial score (nSPS) is 12.8. The number of thioether (sulfide) groups is 1. The number of aliphatic hydroxyl groups excluding tert-OH is 1. The van der Waals surface area contributed by atoms with Gasteiger partial charge in [0.25, 0.3) is 0 Å². The van der Waals surface area contributed by atoms with E-state index < -0.39 is 0 Å². The van der Waals surface area contributed by atoms with E-state index in [9.17, 15) is 0 Å². The molecule has 18 heavy (non-hydrogen) atoms. The van der Waals surface area contributed by atoms with E-state index in [1.165, 1.54) is 10.5 Å². The second-order valence-corrected chi connectivity index (χ2v) is 5.52. The molecule has 0 radical (unpaired) electrons. The molecule has 1 N–H and O–H groups in total. The van der Waals surface area contributed by atoms with E-state index in [2.05, 4.69) is 43.3 Å². The van der Waals surface area contributed by atoms with Crippen LogP contribution < -0.4 is 0 Å². The van der Waals surface area contributed by atoms with Crippen LogP contribution in [0.4, 0.5) is 0 Å². The van der Waals surface area contributed by atoms with Crippen molar-refractivity contribution in [2.45, 2.75) is 31.6 Å². The van der Waals surface area contributed by atoms with Gasteiger partial charge >= 0.3 is 0 Å². The third kappa shape index (κ3) is 6.67. The van der Waals surface area contributed by atoms with Crippen LogP contribution in [0.5, 0.6) is 0 Å². The summed E-state index contributed by atoms with van der Waals surface area (Å²) < 4.78 is 0. The van der Waals surface area contributed by atoms with Gasteiger partial charge in [-0.25, -0.2) is 0 Å². The zero-order valence-electron chi connectivity index (χ0n) is 11.2. The van der Waals surface area contributed by atoms with E-state index in [4.69, 9.17) is 5.11 Å². The average molecular weight is 262 g/mol. The highest BCUT2D eigenvalue weighted by Crippen LogP contribution is 2.18. The van der Waals surface area contributed by atoms with Crippen LogP contribution in [0, 0.1) is 0 Å². The summed E-state index contributed by atoms with van der Waals surface area (Å²) in [4.78, 5) is 1.32. The molecule has 0 amide bonds. The molecule has 0 aliphatic rings. The van der Waals surface area contributed by atoms with Gasteiger partial charge in [0.1, 0.15) is 0 Å². The Morgan fingerprint density at radius 1 is 1.11 bits per heavy atom. The van der Waals surface area contributed by atoms with Gasteiger partial charge in [-0.3, -0.25) is 0 Å². The van der Waals surface area contributed by atoms with E-state index in [1.807, 2.05) is 24.8 Å². The molecule has 2 heteroatoms. The molecular weight excluding hydrogens is 240 g/mol. The van der Waals surface area contributed by atoms with Crippen molar-refractivity contribution in [3.8, 4) is 0 Å². The van der Waals surface area contributed by atoms with Crippen LogP contribution in [0.3, 0.4) is 0 Å². The van der Waals surface area contributed by atoms with Crippen molar-refractivity contribution in [2.24, 2.45) is 0 Å². The Bertz CT molecular complexity index is 393. The van der Waals surface area contributed by atoms with Gasteiger partial charge in [-0.2, -0.15) is 0 Å². The first-order chi connectivity index (χ1) is 8.72. The number of allylic oxidation sites excluding steroid dienone is 2. The van der Waals surface area contributed by atoms with Gasteiger partial charge in [0.15, 0.2) is 0 Å². The molecule has 98 valence electrons. The summed E-state index contributed by atoms with van der Waals surface area (Å²) in [7, 11) is 0. The molecule has 0 aliphatic carbocycles. The van der Waals surface area contributed by atoms with Crippen LogP contribution >= 0.6 is 11.8 Å². The second-order valence-electron chi connectivity index (χ2n) is 4.42. The maximum absolute atomic E-state index is 8.88. The lowest BCUT2D eigenvalue weighted by molar-refractivity contribution is 0.331. The van der Waals surface area contributed by atoms with Crippen LogP contribution in [0.15, 0.2) is 58.5 Å². The smallest absolute Gasteiger partial charge is 0.0639 e. The highest BCUT2D eigenvalue weighted by atomic mass is 32.2. The Kier molecular flexibility index (Phi) is 7.54. The van der Waals surface area contributed by atoms with E-state index >= 15 is 0 Å². The monoisotopic (exact) mass is 262 g/mol. The molecule has 0 heterocycles. The van der Waals surface area contributed by atoms with Crippen LogP contribution in [0.2, 0.25) is 0 Å². The lowest BCUT2D eigenvalue weighted by atomic mass is 10.1. The van der Waals surface area contributed by atoms with Crippen LogP contribution in [0.1, 0.15) is 26.7 Å². The summed E-state index contributed by atoms with van der Waals surface area (Å²) in [5.74, 6) is 1.03. The maximum atomic E-state index is 8.88. The lowest BCUT2D eigenvalue weighted by Crippen LogP contribution is -1.85. The molecule has 0 atom stereocenters. The SMILES string of the molecule is C/C(=C\CC/C(C)=C/CSc1ccccc1)CO. The average Bonchev–Trinajstić information content (AvgIpc) is 2.39. The van der Waals surface area contributed by atoms with Gasteiger partial charge in [-0.15, -0.1) is 11.8 Å². The molecule has 1 nitrogen and oxygen atoms in total. The summed E-state index contributed by atoms with van der Waals surface area (Å²) in [6.07, 6.45) is 6.50. The number of aliphatic hydroxyl groups is 1. The molecule has 0 spiro atoms. The highest BCUT2D eigenvalue weighted by Gasteiger charge is 1.92. The summed E-state index contributed by atoms with van der Waals surface area (Å²) in [6, 6.07) is 10.5. The standard InChI is InChI=1S/C16H22OS/c1-14(7-6-8-15(2)13-17)11-12-18-16-9-4-3-5-10-16/h3-5,8-11,17H,6-7,12-13H2,1-2H3/b14-11+,15-8+.